The standard InChI is InChI=1S/C22H30N4O2/c1-16-18(20(23)17-8-6-5-7-9-17)10-11-19(24-16)25-12-14-26(15-13-25)21(27)28-22(2,3)4/h5-11,20H,12-15,23H2,1-4H3/t20-/m0/s1. The van der Waals surface area contributed by atoms with Crippen molar-refractivity contribution >= 4 is 11.9 Å². The Morgan fingerprint density at radius 1 is 1.07 bits per heavy atom. The average Bonchev–Trinajstić information content (AvgIpc) is 2.67. The van der Waals surface area contributed by atoms with Crippen molar-refractivity contribution < 1.29 is 9.53 Å². The minimum absolute atomic E-state index is 0.188. The van der Waals surface area contributed by atoms with Crippen LogP contribution in [0.5, 0.6) is 0 Å². The van der Waals surface area contributed by atoms with Crippen LogP contribution in [0.4, 0.5) is 10.6 Å². The van der Waals surface area contributed by atoms with Crippen molar-refractivity contribution in [2.75, 3.05) is 31.1 Å². The zero-order chi connectivity index (χ0) is 20.3. The topological polar surface area (TPSA) is 71.7 Å². The lowest BCUT2D eigenvalue weighted by molar-refractivity contribution is 0.0240. The molecule has 0 aliphatic carbocycles. The molecule has 3 rings (SSSR count). The van der Waals surface area contributed by atoms with E-state index in [0.29, 0.717) is 13.1 Å². The number of piperazine rings is 1. The van der Waals surface area contributed by atoms with Crippen LogP contribution in [0.2, 0.25) is 0 Å². The van der Waals surface area contributed by atoms with Crippen LogP contribution < -0.4 is 10.6 Å². The number of hydrogen-bond donors (Lipinski definition) is 1. The van der Waals surface area contributed by atoms with Crippen LogP contribution in [0.3, 0.4) is 0 Å². The van der Waals surface area contributed by atoms with Gasteiger partial charge in [-0.1, -0.05) is 36.4 Å². The van der Waals surface area contributed by atoms with Gasteiger partial charge in [-0.25, -0.2) is 9.78 Å². The van der Waals surface area contributed by atoms with Gasteiger partial charge >= 0.3 is 6.09 Å². The van der Waals surface area contributed by atoms with Crippen molar-refractivity contribution in [2.24, 2.45) is 5.73 Å². The van der Waals surface area contributed by atoms with Crippen LogP contribution in [0, 0.1) is 6.92 Å². The molecule has 1 aliphatic rings. The van der Waals surface area contributed by atoms with Crippen LogP contribution in [-0.4, -0.2) is 47.8 Å². The average molecular weight is 383 g/mol. The maximum Gasteiger partial charge on any atom is 0.410 e. The van der Waals surface area contributed by atoms with Gasteiger partial charge in [0.15, 0.2) is 0 Å². The molecule has 28 heavy (non-hydrogen) atoms. The molecule has 1 atom stereocenters. The molecule has 1 aliphatic heterocycles. The number of anilines is 1. The molecule has 2 aromatic rings. The van der Waals surface area contributed by atoms with Gasteiger partial charge in [0.2, 0.25) is 0 Å². The van der Waals surface area contributed by atoms with Crippen molar-refractivity contribution in [1.82, 2.24) is 9.88 Å². The number of rotatable bonds is 3. The maximum absolute atomic E-state index is 12.2. The molecule has 0 bridgehead atoms. The van der Waals surface area contributed by atoms with Crippen molar-refractivity contribution in [3.05, 3.63) is 59.3 Å². The number of ether oxygens (including phenoxy) is 1. The van der Waals surface area contributed by atoms with E-state index in [-0.39, 0.29) is 12.1 Å². The van der Waals surface area contributed by atoms with E-state index in [1.54, 1.807) is 4.90 Å². The van der Waals surface area contributed by atoms with Gasteiger partial charge in [0.25, 0.3) is 0 Å². The summed E-state index contributed by atoms with van der Waals surface area (Å²) < 4.78 is 5.46. The van der Waals surface area contributed by atoms with Gasteiger partial charge in [0.1, 0.15) is 11.4 Å². The molecule has 0 unspecified atom stereocenters. The Balaban J connectivity index is 1.65. The van der Waals surface area contributed by atoms with Gasteiger partial charge in [-0.15, -0.1) is 0 Å². The molecule has 0 saturated carbocycles. The summed E-state index contributed by atoms with van der Waals surface area (Å²) in [6.07, 6.45) is -0.250. The quantitative estimate of drug-likeness (QED) is 0.880. The third-order valence-corrected chi connectivity index (χ3v) is 4.86. The van der Waals surface area contributed by atoms with Crippen molar-refractivity contribution in [2.45, 2.75) is 39.3 Å². The van der Waals surface area contributed by atoms with E-state index in [1.807, 2.05) is 64.1 Å². The van der Waals surface area contributed by atoms with Crippen molar-refractivity contribution in [3.8, 4) is 0 Å². The first-order valence-electron chi connectivity index (χ1n) is 9.75. The lowest BCUT2D eigenvalue weighted by Gasteiger charge is -2.36. The summed E-state index contributed by atoms with van der Waals surface area (Å²) in [6.45, 7) is 10.4. The maximum atomic E-state index is 12.2. The Morgan fingerprint density at radius 3 is 2.29 bits per heavy atom. The number of nitrogens with zero attached hydrogens (tertiary/aromatic N) is 3. The largest absolute Gasteiger partial charge is 0.444 e. The number of amides is 1. The Morgan fingerprint density at radius 2 is 1.71 bits per heavy atom. The second kappa shape index (κ2) is 8.19. The number of benzene rings is 1. The van der Waals surface area contributed by atoms with E-state index in [9.17, 15) is 4.79 Å². The van der Waals surface area contributed by atoms with Crippen LogP contribution in [-0.2, 0) is 4.74 Å². The monoisotopic (exact) mass is 382 g/mol. The Bertz CT molecular complexity index is 809. The van der Waals surface area contributed by atoms with Crippen LogP contribution in [0.15, 0.2) is 42.5 Å². The molecule has 0 spiro atoms. The molecule has 1 aromatic heterocycles. The fourth-order valence-electron chi connectivity index (χ4n) is 3.35. The van der Waals surface area contributed by atoms with E-state index in [2.05, 4.69) is 11.0 Å². The summed E-state index contributed by atoms with van der Waals surface area (Å²) in [7, 11) is 0. The van der Waals surface area contributed by atoms with Crippen LogP contribution in [0.1, 0.15) is 43.6 Å². The SMILES string of the molecule is Cc1nc(N2CCN(C(=O)OC(C)(C)C)CC2)ccc1[C@@H](N)c1ccccc1. The highest BCUT2D eigenvalue weighted by Gasteiger charge is 2.26. The second-order valence-corrected chi connectivity index (χ2v) is 8.19. The fraction of sp³-hybridized carbons (Fsp3) is 0.455. The van der Waals surface area contributed by atoms with Gasteiger partial charge in [0.05, 0.1) is 6.04 Å². The van der Waals surface area contributed by atoms with Crippen LogP contribution >= 0.6 is 0 Å². The summed E-state index contributed by atoms with van der Waals surface area (Å²) >= 11 is 0. The molecule has 6 nitrogen and oxygen atoms in total. The number of pyridine rings is 1. The summed E-state index contributed by atoms with van der Waals surface area (Å²) in [5, 5.41) is 0. The summed E-state index contributed by atoms with van der Waals surface area (Å²) in [5.74, 6) is 0.922. The molecule has 2 heterocycles. The van der Waals surface area contributed by atoms with Gasteiger partial charge < -0.3 is 20.3 Å². The van der Waals surface area contributed by atoms with E-state index in [1.165, 1.54) is 0 Å². The number of carbonyl (C=O) groups is 1. The zero-order valence-corrected chi connectivity index (χ0v) is 17.2. The molecule has 6 heteroatoms. The molecule has 2 N–H and O–H groups in total. The highest BCUT2D eigenvalue weighted by atomic mass is 16.6. The molecule has 1 fully saturated rings. The Hall–Kier alpha value is -2.60. The van der Waals surface area contributed by atoms with Gasteiger partial charge in [-0.3, -0.25) is 0 Å². The smallest absolute Gasteiger partial charge is 0.410 e. The van der Waals surface area contributed by atoms with Crippen molar-refractivity contribution in [3.63, 3.8) is 0 Å². The first-order chi connectivity index (χ1) is 13.2. The van der Waals surface area contributed by atoms with E-state index < -0.39 is 5.60 Å². The summed E-state index contributed by atoms with van der Waals surface area (Å²) in [6, 6.07) is 14.0. The highest BCUT2D eigenvalue weighted by molar-refractivity contribution is 5.68. The van der Waals surface area contributed by atoms with E-state index in [4.69, 9.17) is 15.5 Å². The zero-order valence-electron chi connectivity index (χ0n) is 17.2. The minimum Gasteiger partial charge on any atom is -0.444 e. The van der Waals surface area contributed by atoms with Gasteiger partial charge in [-0.05, 0) is 44.9 Å². The number of carbonyl (C=O) groups excluding carboxylic acids is 1. The van der Waals surface area contributed by atoms with Gasteiger partial charge in [-0.2, -0.15) is 0 Å². The summed E-state index contributed by atoms with van der Waals surface area (Å²) in [4.78, 5) is 21.0. The number of hydrogen-bond acceptors (Lipinski definition) is 5. The lowest BCUT2D eigenvalue weighted by atomic mass is 9.98. The molecular weight excluding hydrogens is 352 g/mol. The number of aromatic nitrogens is 1. The third-order valence-electron chi connectivity index (χ3n) is 4.86. The highest BCUT2D eigenvalue weighted by Crippen LogP contribution is 2.24. The van der Waals surface area contributed by atoms with Crippen molar-refractivity contribution in [1.29, 1.82) is 0 Å². The first-order valence-corrected chi connectivity index (χ1v) is 9.75. The minimum atomic E-state index is -0.472. The predicted octanol–water partition coefficient (Wildman–Crippen LogP) is 3.50. The first kappa shape index (κ1) is 20.1. The molecule has 0 radical (unpaired) electrons. The fourth-order valence-corrected chi connectivity index (χ4v) is 3.35. The Kier molecular flexibility index (Phi) is 5.89. The van der Waals surface area contributed by atoms with Gasteiger partial charge in [0, 0.05) is 31.9 Å². The second-order valence-electron chi connectivity index (χ2n) is 8.19. The van der Waals surface area contributed by atoms with E-state index >= 15 is 0 Å². The molecule has 150 valence electrons. The lowest BCUT2D eigenvalue weighted by Crippen LogP contribution is -2.50. The number of nitrogens with two attached hydrogens (primary N) is 1. The van der Waals surface area contributed by atoms with E-state index in [0.717, 1.165) is 35.7 Å². The molecule has 1 aromatic carbocycles. The summed E-state index contributed by atoms with van der Waals surface area (Å²) in [5.41, 5.74) is 9.00. The normalized spacial score (nSPS) is 16.0. The third kappa shape index (κ3) is 4.81. The number of aryl methyl sites for hydroxylation is 1. The molecule has 1 saturated heterocycles. The Labute approximate surface area is 167 Å². The molecule has 1 amide bonds. The van der Waals surface area contributed by atoms with Crippen LogP contribution in [0.25, 0.3) is 0 Å². The predicted molar refractivity (Wildman–Crippen MR) is 111 cm³/mol. The molecular formula is C22H30N4O2.